The Morgan fingerprint density at radius 1 is 0.900 bits per heavy atom. The van der Waals surface area contributed by atoms with Gasteiger partial charge in [0.2, 0.25) is 0 Å². The zero-order chi connectivity index (χ0) is 21.0. The van der Waals surface area contributed by atoms with Crippen LogP contribution >= 0.6 is 0 Å². The molecular weight excluding hydrogens is 380 g/mol. The number of carbonyl (C=O) groups excluding carboxylic acids is 1. The van der Waals surface area contributed by atoms with Crippen molar-refractivity contribution in [1.29, 1.82) is 0 Å². The Morgan fingerprint density at radius 2 is 1.63 bits per heavy atom. The summed E-state index contributed by atoms with van der Waals surface area (Å²) in [6, 6.07) is 24.6. The van der Waals surface area contributed by atoms with Crippen molar-refractivity contribution in [2.45, 2.75) is 13.5 Å². The maximum Gasteiger partial charge on any atom is 0.277 e. The molecule has 0 aliphatic heterocycles. The molecule has 3 aromatic rings. The van der Waals surface area contributed by atoms with Crippen LogP contribution in [-0.4, -0.2) is 25.3 Å². The van der Waals surface area contributed by atoms with E-state index < -0.39 is 0 Å². The molecule has 30 heavy (non-hydrogen) atoms. The number of para-hydroxylation sites is 2. The van der Waals surface area contributed by atoms with Crippen molar-refractivity contribution in [2.24, 2.45) is 5.10 Å². The van der Waals surface area contributed by atoms with Crippen molar-refractivity contribution >= 4 is 12.1 Å². The summed E-state index contributed by atoms with van der Waals surface area (Å²) in [6.07, 6.45) is 1.56. The lowest BCUT2D eigenvalue weighted by Gasteiger charge is -2.10. The number of hydrogen-bond acceptors (Lipinski definition) is 5. The average molecular weight is 404 g/mol. The topological polar surface area (TPSA) is 69.2 Å². The molecule has 0 saturated heterocycles. The normalized spacial score (nSPS) is 10.6. The smallest absolute Gasteiger partial charge is 0.277 e. The van der Waals surface area contributed by atoms with Crippen LogP contribution < -0.4 is 19.6 Å². The monoisotopic (exact) mass is 404 g/mol. The second-order valence-corrected chi connectivity index (χ2v) is 6.31. The summed E-state index contributed by atoms with van der Waals surface area (Å²) in [7, 11) is 0. The molecule has 0 bridgehead atoms. The van der Waals surface area contributed by atoms with Gasteiger partial charge < -0.3 is 14.2 Å². The summed E-state index contributed by atoms with van der Waals surface area (Å²) < 4.78 is 16.8. The van der Waals surface area contributed by atoms with E-state index in [1.807, 2.05) is 73.7 Å². The van der Waals surface area contributed by atoms with Crippen LogP contribution in [0.5, 0.6) is 17.2 Å². The molecule has 0 fully saturated rings. The van der Waals surface area contributed by atoms with Gasteiger partial charge in [0.1, 0.15) is 12.4 Å². The Bertz CT molecular complexity index is 974. The fourth-order valence-corrected chi connectivity index (χ4v) is 2.62. The number of benzene rings is 3. The van der Waals surface area contributed by atoms with Gasteiger partial charge in [-0.1, -0.05) is 54.6 Å². The van der Waals surface area contributed by atoms with Gasteiger partial charge >= 0.3 is 0 Å². The van der Waals surface area contributed by atoms with Crippen LogP contribution in [0.25, 0.3) is 0 Å². The predicted octanol–water partition coefficient (Wildman–Crippen LogP) is 4.19. The lowest BCUT2D eigenvalue weighted by Crippen LogP contribution is -2.24. The number of amides is 1. The number of hydrazone groups is 1. The quantitative estimate of drug-likeness (QED) is 0.406. The third-order valence-corrected chi connectivity index (χ3v) is 4.02. The Hall–Kier alpha value is -3.80. The molecule has 0 aliphatic carbocycles. The highest BCUT2D eigenvalue weighted by Crippen LogP contribution is 2.26. The van der Waals surface area contributed by atoms with E-state index in [0.29, 0.717) is 24.7 Å². The van der Waals surface area contributed by atoms with Crippen LogP contribution in [0.3, 0.4) is 0 Å². The zero-order valence-electron chi connectivity index (χ0n) is 16.8. The molecule has 6 heteroatoms. The molecule has 154 valence electrons. The fraction of sp³-hybridized carbons (Fsp3) is 0.167. The van der Waals surface area contributed by atoms with Gasteiger partial charge in [0.05, 0.1) is 12.8 Å². The van der Waals surface area contributed by atoms with Crippen molar-refractivity contribution < 1.29 is 19.0 Å². The van der Waals surface area contributed by atoms with E-state index in [1.54, 1.807) is 18.3 Å². The van der Waals surface area contributed by atoms with Crippen LogP contribution in [0.1, 0.15) is 18.1 Å². The maximum atomic E-state index is 12.0. The third kappa shape index (κ3) is 6.67. The van der Waals surface area contributed by atoms with Gasteiger partial charge in [-0.2, -0.15) is 5.10 Å². The van der Waals surface area contributed by atoms with E-state index in [4.69, 9.17) is 14.2 Å². The van der Waals surface area contributed by atoms with Crippen molar-refractivity contribution in [1.82, 2.24) is 5.43 Å². The average Bonchev–Trinajstić information content (AvgIpc) is 2.78. The van der Waals surface area contributed by atoms with Crippen molar-refractivity contribution in [3.05, 3.63) is 90.0 Å². The van der Waals surface area contributed by atoms with Gasteiger partial charge in [0.25, 0.3) is 5.91 Å². The number of carbonyl (C=O) groups is 1. The van der Waals surface area contributed by atoms with E-state index in [1.165, 1.54) is 0 Å². The first-order chi connectivity index (χ1) is 14.7. The molecular formula is C24H24N2O4. The molecule has 1 N–H and O–H groups in total. The Balaban J connectivity index is 1.47. The van der Waals surface area contributed by atoms with Crippen molar-refractivity contribution in [2.75, 3.05) is 13.2 Å². The minimum Gasteiger partial charge on any atom is -0.490 e. The van der Waals surface area contributed by atoms with Crippen LogP contribution in [0.15, 0.2) is 84.0 Å². The molecule has 0 saturated carbocycles. The lowest BCUT2D eigenvalue weighted by atomic mass is 10.2. The highest BCUT2D eigenvalue weighted by Gasteiger charge is 2.06. The van der Waals surface area contributed by atoms with Gasteiger partial charge in [-0.05, 0) is 42.3 Å². The van der Waals surface area contributed by atoms with Crippen LogP contribution in [0, 0.1) is 0 Å². The molecule has 0 unspecified atom stereocenters. The minimum absolute atomic E-state index is 0.165. The Morgan fingerprint density at radius 3 is 2.40 bits per heavy atom. The molecule has 1 amide bonds. The van der Waals surface area contributed by atoms with Gasteiger partial charge in [0, 0.05) is 0 Å². The minimum atomic E-state index is -0.367. The van der Waals surface area contributed by atoms with Gasteiger partial charge in [-0.3, -0.25) is 4.79 Å². The standard InChI is InChI=1S/C24H24N2O4/c1-2-28-22-13-6-7-14-23(22)30-18-24(27)26-25-16-20-11-8-12-21(15-20)29-17-19-9-4-3-5-10-19/h3-16H,2,17-18H2,1H3,(H,26,27)/b25-16-. The summed E-state index contributed by atoms with van der Waals surface area (Å²) in [5, 5.41) is 3.98. The summed E-state index contributed by atoms with van der Waals surface area (Å²) >= 11 is 0. The maximum absolute atomic E-state index is 12.0. The molecule has 0 aliphatic rings. The Labute approximate surface area is 176 Å². The first-order valence-corrected chi connectivity index (χ1v) is 9.68. The molecule has 3 rings (SSSR count). The third-order valence-electron chi connectivity index (χ3n) is 4.02. The molecule has 0 radical (unpaired) electrons. The highest BCUT2D eigenvalue weighted by atomic mass is 16.5. The molecule has 0 aromatic heterocycles. The SMILES string of the molecule is CCOc1ccccc1OCC(=O)N/N=C\c1cccc(OCc2ccccc2)c1. The molecule has 3 aromatic carbocycles. The highest BCUT2D eigenvalue weighted by molar-refractivity contribution is 5.83. The largest absolute Gasteiger partial charge is 0.490 e. The second kappa shape index (κ2) is 11.3. The van der Waals surface area contributed by atoms with E-state index in [0.717, 1.165) is 16.9 Å². The van der Waals surface area contributed by atoms with Gasteiger partial charge in [-0.25, -0.2) is 5.43 Å². The van der Waals surface area contributed by atoms with E-state index in [-0.39, 0.29) is 12.5 Å². The number of hydrogen-bond donors (Lipinski definition) is 1. The second-order valence-electron chi connectivity index (χ2n) is 6.31. The van der Waals surface area contributed by atoms with Gasteiger partial charge in [0.15, 0.2) is 18.1 Å². The predicted molar refractivity (Wildman–Crippen MR) is 116 cm³/mol. The molecule has 0 spiro atoms. The number of nitrogens with one attached hydrogen (secondary N) is 1. The summed E-state index contributed by atoms with van der Waals surface area (Å²) in [6.45, 7) is 2.73. The van der Waals surface area contributed by atoms with Crippen molar-refractivity contribution in [3.8, 4) is 17.2 Å². The zero-order valence-corrected chi connectivity index (χ0v) is 16.8. The first kappa shape index (κ1) is 20.9. The summed E-state index contributed by atoms with van der Waals surface area (Å²) in [4.78, 5) is 12.0. The van der Waals surface area contributed by atoms with Crippen molar-refractivity contribution in [3.63, 3.8) is 0 Å². The van der Waals surface area contributed by atoms with Crippen LogP contribution in [0.2, 0.25) is 0 Å². The van der Waals surface area contributed by atoms with Crippen LogP contribution in [-0.2, 0) is 11.4 Å². The number of nitrogens with zero attached hydrogens (tertiary/aromatic N) is 1. The fourth-order valence-electron chi connectivity index (χ4n) is 2.62. The lowest BCUT2D eigenvalue weighted by molar-refractivity contribution is -0.123. The molecule has 6 nitrogen and oxygen atoms in total. The first-order valence-electron chi connectivity index (χ1n) is 9.68. The van der Waals surface area contributed by atoms with E-state index in [2.05, 4.69) is 10.5 Å². The van der Waals surface area contributed by atoms with Gasteiger partial charge in [-0.15, -0.1) is 0 Å². The molecule has 0 heterocycles. The summed E-state index contributed by atoms with van der Waals surface area (Å²) in [5.74, 6) is 1.48. The van der Waals surface area contributed by atoms with E-state index in [9.17, 15) is 4.79 Å². The number of ether oxygens (including phenoxy) is 3. The molecule has 0 atom stereocenters. The van der Waals surface area contributed by atoms with E-state index >= 15 is 0 Å². The Kier molecular flexibility index (Phi) is 7.85. The summed E-state index contributed by atoms with van der Waals surface area (Å²) in [5.41, 5.74) is 4.36. The number of rotatable bonds is 10. The van der Waals surface area contributed by atoms with Crippen LogP contribution in [0.4, 0.5) is 0 Å².